The molecule has 3 rings (SSSR count). The summed E-state index contributed by atoms with van der Waals surface area (Å²) < 4.78 is 1.59. The highest BCUT2D eigenvalue weighted by molar-refractivity contribution is 7.99. The fourth-order valence-corrected chi connectivity index (χ4v) is 3.32. The molecule has 1 atom stereocenters. The molecule has 1 aromatic carbocycles. The summed E-state index contributed by atoms with van der Waals surface area (Å²) in [6.07, 6.45) is 1.84. The Labute approximate surface area is 110 Å². The van der Waals surface area contributed by atoms with Gasteiger partial charge in [0.15, 0.2) is 0 Å². The third-order valence-electron chi connectivity index (χ3n) is 3.13. The molecule has 0 saturated heterocycles. The first-order chi connectivity index (χ1) is 8.74. The number of benzene rings is 1. The molecule has 1 aliphatic rings. The summed E-state index contributed by atoms with van der Waals surface area (Å²) in [4.78, 5) is 12.7. The molecule has 2 aromatic rings. The molecule has 1 unspecified atom stereocenters. The number of thioether (sulfide) groups is 1. The molecule has 0 fully saturated rings. The average molecular weight is 258 g/mol. The van der Waals surface area contributed by atoms with E-state index in [-0.39, 0.29) is 5.56 Å². The minimum absolute atomic E-state index is 0.0155. The normalized spacial score (nSPS) is 17.5. The van der Waals surface area contributed by atoms with Gasteiger partial charge in [0.2, 0.25) is 5.56 Å². The third kappa shape index (κ3) is 2.04. The predicted octanol–water partition coefficient (Wildman–Crippen LogP) is 2.64. The molecule has 0 saturated carbocycles. The van der Waals surface area contributed by atoms with Crippen molar-refractivity contribution in [1.29, 1.82) is 0 Å². The number of pyridine rings is 1. The molecule has 0 spiro atoms. The van der Waals surface area contributed by atoms with Crippen LogP contribution in [0.25, 0.3) is 0 Å². The van der Waals surface area contributed by atoms with Gasteiger partial charge in [-0.2, -0.15) is 0 Å². The lowest BCUT2D eigenvalue weighted by molar-refractivity contribution is 0.844. The van der Waals surface area contributed by atoms with Crippen LogP contribution in [-0.2, 0) is 7.05 Å². The Morgan fingerprint density at radius 2 is 2.11 bits per heavy atom. The lowest BCUT2D eigenvalue weighted by Gasteiger charge is -2.15. The molecule has 92 valence electrons. The van der Waals surface area contributed by atoms with Crippen LogP contribution in [0.3, 0.4) is 0 Å². The maximum absolute atomic E-state index is 11.3. The summed E-state index contributed by atoms with van der Waals surface area (Å²) in [7, 11) is 1.77. The first-order valence-corrected chi connectivity index (χ1v) is 6.87. The quantitative estimate of drug-likeness (QED) is 0.899. The maximum Gasteiger partial charge on any atom is 0.250 e. The van der Waals surface area contributed by atoms with Crippen LogP contribution in [0.5, 0.6) is 0 Å². The molecule has 0 amide bonds. The first kappa shape index (κ1) is 11.4. The molecule has 3 nitrogen and oxygen atoms in total. The second-order valence-electron chi connectivity index (χ2n) is 4.41. The van der Waals surface area contributed by atoms with Crippen LogP contribution in [0.1, 0.15) is 11.6 Å². The van der Waals surface area contributed by atoms with Gasteiger partial charge in [-0.25, -0.2) is 0 Å². The van der Waals surface area contributed by atoms with Gasteiger partial charge in [0.25, 0.3) is 0 Å². The number of aryl methyl sites for hydroxylation is 1. The number of fused-ring (bicyclic) bond motifs is 1. The summed E-state index contributed by atoms with van der Waals surface area (Å²) >= 11 is 1.87. The van der Waals surface area contributed by atoms with E-state index in [0.29, 0.717) is 6.04 Å². The van der Waals surface area contributed by atoms with Gasteiger partial charge in [0.1, 0.15) is 0 Å². The molecule has 1 aliphatic heterocycles. The van der Waals surface area contributed by atoms with Crippen molar-refractivity contribution < 1.29 is 0 Å². The van der Waals surface area contributed by atoms with Crippen molar-refractivity contribution in [2.24, 2.45) is 7.05 Å². The highest BCUT2D eigenvalue weighted by atomic mass is 32.2. The molecule has 1 N–H and O–H groups in total. The summed E-state index contributed by atoms with van der Waals surface area (Å²) in [5, 5.41) is 3.48. The van der Waals surface area contributed by atoms with Crippen molar-refractivity contribution in [2.75, 3.05) is 11.1 Å². The van der Waals surface area contributed by atoms with Gasteiger partial charge in [-0.05, 0) is 17.7 Å². The van der Waals surface area contributed by atoms with Crippen LogP contribution in [0, 0.1) is 0 Å². The molecular formula is C14H14N2OS. The van der Waals surface area contributed by atoms with Crippen LogP contribution < -0.4 is 10.9 Å². The zero-order valence-electron chi connectivity index (χ0n) is 10.1. The SMILES string of the molecule is Cn1cc(NC2CSc3ccccc32)ccc1=O. The summed E-state index contributed by atoms with van der Waals surface area (Å²) in [5.41, 5.74) is 2.34. The van der Waals surface area contributed by atoms with Gasteiger partial charge >= 0.3 is 0 Å². The van der Waals surface area contributed by atoms with Crippen molar-refractivity contribution >= 4 is 17.4 Å². The van der Waals surface area contributed by atoms with E-state index in [4.69, 9.17) is 0 Å². The van der Waals surface area contributed by atoms with Crippen LogP contribution in [0.4, 0.5) is 5.69 Å². The fourth-order valence-electron chi connectivity index (χ4n) is 2.16. The summed E-state index contributed by atoms with van der Waals surface area (Å²) in [5.74, 6) is 1.03. The second kappa shape index (κ2) is 4.53. The first-order valence-electron chi connectivity index (χ1n) is 5.89. The highest BCUT2D eigenvalue weighted by Gasteiger charge is 2.22. The minimum Gasteiger partial charge on any atom is -0.376 e. The van der Waals surface area contributed by atoms with Gasteiger partial charge in [-0.1, -0.05) is 18.2 Å². The van der Waals surface area contributed by atoms with Gasteiger partial charge < -0.3 is 9.88 Å². The highest BCUT2D eigenvalue weighted by Crippen LogP contribution is 2.39. The number of aromatic nitrogens is 1. The smallest absolute Gasteiger partial charge is 0.250 e. The predicted molar refractivity (Wildman–Crippen MR) is 75.2 cm³/mol. The van der Waals surface area contributed by atoms with Crippen molar-refractivity contribution in [1.82, 2.24) is 4.57 Å². The van der Waals surface area contributed by atoms with E-state index < -0.39 is 0 Å². The van der Waals surface area contributed by atoms with E-state index in [2.05, 4.69) is 29.6 Å². The van der Waals surface area contributed by atoms with Gasteiger partial charge in [-0.15, -0.1) is 11.8 Å². The number of hydrogen-bond donors (Lipinski definition) is 1. The van der Waals surface area contributed by atoms with E-state index >= 15 is 0 Å². The van der Waals surface area contributed by atoms with Crippen molar-refractivity contribution in [3.05, 3.63) is 58.5 Å². The molecule has 4 heteroatoms. The number of anilines is 1. The van der Waals surface area contributed by atoms with Crippen molar-refractivity contribution in [3.8, 4) is 0 Å². The second-order valence-corrected chi connectivity index (χ2v) is 5.47. The molecule has 2 heterocycles. The van der Waals surface area contributed by atoms with E-state index in [1.807, 2.05) is 24.0 Å². The zero-order chi connectivity index (χ0) is 12.5. The lowest BCUT2D eigenvalue weighted by Crippen LogP contribution is -2.17. The van der Waals surface area contributed by atoms with Gasteiger partial charge in [0, 0.05) is 30.0 Å². The summed E-state index contributed by atoms with van der Waals surface area (Å²) in [6.45, 7) is 0. The molecule has 0 radical (unpaired) electrons. The minimum atomic E-state index is 0.0155. The monoisotopic (exact) mass is 258 g/mol. The molecule has 18 heavy (non-hydrogen) atoms. The molecule has 0 aliphatic carbocycles. The lowest BCUT2D eigenvalue weighted by atomic mass is 10.1. The average Bonchev–Trinajstić information content (AvgIpc) is 2.78. The maximum atomic E-state index is 11.3. The fraction of sp³-hybridized carbons (Fsp3) is 0.214. The van der Waals surface area contributed by atoms with Crippen LogP contribution in [0.15, 0.2) is 52.3 Å². The van der Waals surface area contributed by atoms with E-state index in [1.54, 1.807) is 17.7 Å². The Hall–Kier alpha value is -1.68. The number of nitrogens with one attached hydrogen (secondary N) is 1. The largest absolute Gasteiger partial charge is 0.376 e. The van der Waals surface area contributed by atoms with Crippen molar-refractivity contribution in [3.63, 3.8) is 0 Å². The standard InChI is InChI=1S/C14H14N2OS/c1-16-8-10(6-7-14(16)17)15-12-9-18-13-5-3-2-4-11(12)13/h2-8,12,15H,9H2,1H3. The number of rotatable bonds is 2. The van der Waals surface area contributed by atoms with E-state index in [0.717, 1.165) is 11.4 Å². The molecular weight excluding hydrogens is 244 g/mol. The number of hydrogen-bond acceptors (Lipinski definition) is 3. The third-order valence-corrected chi connectivity index (χ3v) is 4.31. The van der Waals surface area contributed by atoms with Crippen LogP contribution >= 0.6 is 11.8 Å². The van der Waals surface area contributed by atoms with E-state index in [9.17, 15) is 4.79 Å². The van der Waals surface area contributed by atoms with Crippen LogP contribution in [-0.4, -0.2) is 10.3 Å². The Morgan fingerprint density at radius 1 is 1.28 bits per heavy atom. The Bertz CT molecular complexity index is 636. The molecule has 0 bridgehead atoms. The number of nitrogens with zero attached hydrogens (tertiary/aromatic N) is 1. The summed E-state index contributed by atoms with van der Waals surface area (Å²) in [6, 6.07) is 12.2. The van der Waals surface area contributed by atoms with Crippen LogP contribution in [0.2, 0.25) is 0 Å². The Morgan fingerprint density at radius 3 is 2.94 bits per heavy atom. The Kier molecular flexibility index (Phi) is 2.88. The Balaban J connectivity index is 1.86. The topological polar surface area (TPSA) is 34.0 Å². The zero-order valence-corrected chi connectivity index (χ0v) is 10.9. The molecule has 1 aromatic heterocycles. The van der Waals surface area contributed by atoms with Gasteiger partial charge in [-0.3, -0.25) is 4.79 Å². The van der Waals surface area contributed by atoms with Gasteiger partial charge in [0.05, 0.1) is 11.7 Å². The van der Waals surface area contributed by atoms with E-state index in [1.165, 1.54) is 10.5 Å². The van der Waals surface area contributed by atoms with Crippen molar-refractivity contribution in [2.45, 2.75) is 10.9 Å².